The maximum atomic E-state index is 11.5. The number of nitrogens with one attached hydrogen (secondary N) is 1. The standard InChI is InChI=1S/C14H13BrN4O4/c1-18(2)10-5-3-8(7-9(10)15)4-6-11-16-13(20)12(19(22)23)14(21)17-11/h3-7H,1-2H3,(H2,16,17,20,21)/b6-4+. The van der Waals surface area contributed by atoms with Gasteiger partial charge in [0.05, 0.1) is 10.6 Å². The Morgan fingerprint density at radius 1 is 1.39 bits per heavy atom. The fraction of sp³-hybridized carbons (Fsp3) is 0.143. The minimum absolute atomic E-state index is 0.0194. The number of H-pyrrole nitrogens is 1. The van der Waals surface area contributed by atoms with Gasteiger partial charge in [-0.1, -0.05) is 12.1 Å². The Bertz CT molecular complexity index is 845. The molecular formula is C14H13BrN4O4. The van der Waals surface area contributed by atoms with Gasteiger partial charge in [0.15, 0.2) is 0 Å². The van der Waals surface area contributed by atoms with Crippen LogP contribution in [-0.2, 0) is 0 Å². The highest BCUT2D eigenvalue weighted by molar-refractivity contribution is 9.10. The molecular weight excluding hydrogens is 368 g/mol. The van der Waals surface area contributed by atoms with Gasteiger partial charge in [0.25, 0.3) is 5.88 Å². The fourth-order valence-electron chi connectivity index (χ4n) is 1.88. The van der Waals surface area contributed by atoms with E-state index in [0.29, 0.717) is 0 Å². The van der Waals surface area contributed by atoms with Gasteiger partial charge in [-0.2, -0.15) is 4.98 Å². The summed E-state index contributed by atoms with van der Waals surface area (Å²) in [6.45, 7) is 0. The van der Waals surface area contributed by atoms with Crippen molar-refractivity contribution in [2.75, 3.05) is 19.0 Å². The summed E-state index contributed by atoms with van der Waals surface area (Å²) in [5.74, 6) is -0.895. The molecule has 0 aliphatic carbocycles. The second kappa shape index (κ2) is 6.61. The molecule has 1 heterocycles. The van der Waals surface area contributed by atoms with Crippen LogP contribution in [0.4, 0.5) is 11.4 Å². The first kappa shape index (κ1) is 16.7. The minimum Gasteiger partial charge on any atom is -0.488 e. The number of nitro groups is 1. The van der Waals surface area contributed by atoms with Gasteiger partial charge in [-0.3, -0.25) is 14.9 Å². The lowest BCUT2D eigenvalue weighted by molar-refractivity contribution is -0.387. The van der Waals surface area contributed by atoms with Crippen molar-refractivity contribution >= 4 is 39.5 Å². The number of rotatable bonds is 4. The SMILES string of the molecule is CN(C)c1ccc(/C=C/c2nc(O)c([N+](=O)[O-])c(=O)[nH]2)cc1Br. The lowest BCUT2D eigenvalue weighted by atomic mass is 10.2. The third-order valence-electron chi connectivity index (χ3n) is 2.96. The predicted molar refractivity (Wildman–Crippen MR) is 90.6 cm³/mol. The first-order valence-electron chi connectivity index (χ1n) is 6.42. The van der Waals surface area contributed by atoms with Gasteiger partial charge in [-0.05, 0) is 39.7 Å². The van der Waals surface area contributed by atoms with Crippen molar-refractivity contribution in [1.82, 2.24) is 9.97 Å². The maximum Gasteiger partial charge on any atom is 0.395 e. The number of halogens is 1. The van der Waals surface area contributed by atoms with Crippen molar-refractivity contribution < 1.29 is 10.0 Å². The van der Waals surface area contributed by atoms with E-state index in [0.717, 1.165) is 15.7 Å². The molecule has 0 radical (unpaired) electrons. The van der Waals surface area contributed by atoms with Crippen LogP contribution >= 0.6 is 15.9 Å². The van der Waals surface area contributed by atoms with Crippen LogP contribution in [0.25, 0.3) is 12.2 Å². The molecule has 2 rings (SSSR count). The molecule has 1 aromatic heterocycles. The van der Waals surface area contributed by atoms with Gasteiger partial charge >= 0.3 is 11.2 Å². The third kappa shape index (κ3) is 3.75. The van der Waals surface area contributed by atoms with E-state index in [-0.39, 0.29) is 5.82 Å². The number of nitrogens with zero attached hydrogens (tertiary/aromatic N) is 3. The van der Waals surface area contributed by atoms with Crippen LogP contribution in [0.3, 0.4) is 0 Å². The van der Waals surface area contributed by atoms with Crippen molar-refractivity contribution in [3.05, 3.63) is 54.5 Å². The summed E-state index contributed by atoms with van der Waals surface area (Å²) < 4.78 is 0.887. The van der Waals surface area contributed by atoms with Crippen LogP contribution in [-0.4, -0.2) is 34.1 Å². The van der Waals surface area contributed by atoms with Crippen LogP contribution in [0.5, 0.6) is 5.88 Å². The number of hydrogen-bond donors (Lipinski definition) is 2. The number of aromatic amines is 1. The highest BCUT2D eigenvalue weighted by atomic mass is 79.9. The molecule has 2 aromatic rings. The smallest absolute Gasteiger partial charge is 0.395 e. The molecule has 1 aromatic carbocycles. The Hall–Kier alpha value is -2.68. The molecule has 0 unspecified atom stereocenters. The summed E-state index contributed by atoms with van der Waals surface area (Å²) in [7, 11) is 3.84. The van der Waals surface area contributed by atoms with E-state index < -0.39 is 22.0 Å². The van der Waals surface area contributed by atoms with Gasteiger partial charge in [-0.15, -0.1) is 0 Å². The summed E-state index contributed by atoms with van der Waals surface area (Å²) in [5, 5.41) is 20.1. The monoisotopic (exact) mass is 380 g/mol. The molecule has 0 aliphatic heterocycles. The van der Waals surface area contributed by atoms with Crippen molar-refractivity contribution in [2.45, 2.75) is 0 Å². The van der Waals surface area contributed by atoms with Crippen molar-refractivity contribution in [1.29, 1.82) is 0 Å². The number of hydrogen-bond acceptors (Lipinski definition) is 6. The second-order valence-electron chi connectivity index (χ2n) is 4.82. The molecule has 0 saturated heterocycles. The van der Waals surface area contributed by atoms with Gasteiger partial charge in [0, 0.05) is 18.6 Å². The Kier molecular flexibility index (Phi) is 4.80. The Labute approximate surface area is 139 Å². The van der Waals surface area contributed by atoms with E-state index in [1.807, 2.05) is 37.2 Å². The van der Waals surface area contributed by atoms with E-state index in [2.05, 4.69) is 25.9 Å². The summed E-state index contributed by atoms with van der Waals surface area (Å²) >= 11 is 3.46. The number of benzene rings is 1. The predicted octanol–water partition coefficient (Wildman–Crippen LogP) is 2.38. The first-order chi connectivity index (χ1) is 10.8. The molecule has 0 fully saturated rings. The van der Waals surface area contributed by atoms with E-state index in [9.17, 15) is 20.0 Å². The highest BCUT2D eigenvalue weighted by Gasteiger charge is 2.21. The molecule has 2 N–H and O–H groups in total. The zero-order valence-electron chi connectivity index (χ0n) is 12.3. The lowest BCUT2D eigenvalue weighted by Gasteiger charge is -2.14. The lowest BCUT2D eigenvalue weighted by Crippen LogP contribution is -2.14. The second-order valence-corrected chi connectivity index (χ2v) is 5.67. The van der Waals surface area contributed by atoms with Crippen molar-refractivity contribution in [2.24, 2.45) is 0 Å². The molecule has 0 spiro atoms. The highest BCUT2D eigenvalue weighted by Crippen LogP contribution is 2.26. The maximum absolute atomic E-state index is 11.5. The topological polar surface area (TPSA) is 112 Å². The van der Waals surface area contributed by atoms with Gasteiger partial charge in [-0.25, -0.2) is 0 Å². The average Bonchev–Trinajstić information content (AvgIpc) is 2.43. The molecule has 9 heteroatoms. The number of aromatic hydroxyl groups is 1. The van der Waals surface area contributed by atoms with Crippen LogP contribution in [0.1, 0.15) is 11.4 Å². The quantitative estimate of drug-likeness (QED) is 0.621. The van der Waals surface area contributed by atoms with Crippen LogP contribution < -0.4 is 10.5 Å². The molecule has 0 bridgehead atoms. The van der Waals surface area contributed by atoms with Gasteiger partial charge < -0.3 is 15.0 Å². The summed E-state index contributed by atoms with van der Waals surface area (Å²) in [5.41, 5.74) is -0.156. The number of anilines is 1. The zero-order valence-corrected chi connectivity index (χ0v) is 13.9. The fourth-order valence-corrected chi connectivity index (χ4v) is 2.63. The van der Waals surface area contributed by atoms with Gasteiger partial charge in [0.2, 0.25) is 0 Å². The first-order valence-corrected chi connectivity index (χ1v) is 7.21. The minimum atomic E-state index is -1.01. The van der Waals surface area contributed by atoms with Gasteiger partial charge in [0.1, 0.15) is 5.82 Å². The normalized spacial score (nSPS) is 10.9. The molecule has 0 amide bonds. The van der Waals surface area contributed by atoms with E-state index in [1.54, 1.807) is 6.08 Å². The Balaban J connectivity index is 2.32. The molecule has 0 saturated carbocycles. The third-order valence-corrected chi connectivity index (χ3v) is 3.60. The summed E-state index contributed by atoms with van der Waals surface area (Å²) in [4.78, 5) is 29.0. The zero-order chi connectivity index (χ0) is 17.1. The molecule has 23 heavy (non-hydrogen) atoms. The molecule has 120 valence electrons. The Morgan fingerprint density at radius 2 is 2.09 bits per heavy atom. The number of aromatic nitrogens is 2. The Morgan fingerprint density at radius 3 is 2.61 bits per heavy atom. The van der Waals surface area contributed by atoms with Crippen LogP contribution in [0.2, 0.25) is 0 Å². The molecule has 0 atom stereocenters. The van der Waals surface area contributed by atoms with Crippen molar-refractivity contribution in [3.63, 3.8) is 0 Å². The average molecular weight is 381 g/mol. The van der Waals surface area contributed by atoms with E-state index in [1.165, 1.54) is 6.08 Å². The van der Waals surface area contributed by atoms with Crippen LogP contribution in [0, 0.1) is 10.1 Å². The van der Waals surface area contributed by atoms with E-state index >= 15 is 0 Å². The molecule has 0 aliphatic rings. The van der Waals surface area contributed by atoms with E-state index in [4.69, 9.17) is 0 Å². The largest absolute Gasteiger partial charge is 0.488 e. The summed E-state index contributed by atoms with van der Waals surface area (Å²) in [6, 6.07) is 5.64. The van der Waals surface area contributed by atoms with Crippen molar-refractivity contribution in [3.8, 4) is 5.88 Å². The summed E-state index contributed by atoms with van der Waals surface area (Å²) in [6.07, 6.45) is 3.11. The molecule has 8 nitrogen and oxygen atoms in total. The van der Waals surface area contributed by atoms with Crippen LogP contribution in [0.15, 0.2) is 27.5 Å².